The number of aromatic nitrogens is 1. The number of nitro benzene ring substituents is 1. The van der Waals surface area contributed by atoms with Gasteiger partial charge in [0.25, 0.3) is 5.69 Å². The quantitative estimate of drug-likeness (QED) is 0.644. The number of ether oxygens (including phenoxy) is 1. The number of non-ortho nitro benzene ring substituents is 1. The Morgan fingerprint density at radius 1 is 1.21 bits per heavy atom. The zero-order chi connectivity index (χ0) is 16.5. The van der Waals surface area contributed by atoms with E-state index < -0.39 is 0 Å². The lowest BCUT2D eigenvalue weighted by Gasteiger charge is -2.21. The average Bonchev–Trinajstić information content (AvgIpc) is 2.78. The van der Waals surface area contributed by atoms with Crippen LogP contribution in [0.5, 0.6) is 5.75 Å². The number of hydrogen-bond acceptors (Lipinski definition) is 5. The summed E-state index contributed by atoms with van der Waals surface area (Å²) in [5.74, 6) is 0.680. The van der Waals surface area contributed by atoms with Crippen LogP contribution in [-0.4, -0.2) is 23.0 Å². The molecule has 0 spiro atoms. The highest BCUT2D eigenvalue weighted by atomic mass is 16.6. The maximum Gasteiger partial charge on any atom is 0.270 e. The zero-order valence-corrected chi connectivity index (χ0v) is 13.1. The topological polar surface area (TPSA) is 77.3 Å². The van der Waals surface area contributed by atoms with Crippen LogP contribution in [0.4, 0.5) is 5.69 Å². The van der Waals surface area contributed by atoms with Gasteiger partial charge in [0.1, 0.15) is 12.4 Å². The normalized spacial score (nSPS) is 16.7. The fraction of sp³-hybridized carbons (Fsp3) is 0.278. The van der Waals surface area contributed by atoms with Crippen molar-refractivity contribution in [3.8, 4) is 5.75 Å². The van der Waals surface area contributed by atoms with Crippen molar-refractivity contribution in [3.05, 3.63) is 69.0 Å². The van der Waals surface area contributed by atoms with Crippen molar-refractivity contribution >= 4 is 11.3 Å². The molecule has 0 unspecified atom stereocenters. The molecule has 0 saturated carbocycles. The molecule has 3 heterocycles. The predicted molar refractivity (Wildman–Crippen MR) is 89.8 cm³/mol. The first-order chi connectivity index (χ1) is 11.7. The lowest BCUT2D eigenvalue weighted by atomic mass is 9.89. The van der Waals surface area contributed by atoms with E-state index in [0.29, 0.717) is 12.4 Å². The van der Waals surface area contributed by atoms with Gasteiger partial charge in [0.15, 0.2) is 0 Å². The number of benzene rings is 1. The van der Waals surface area contributed by atoms with E-state index in [1.807, 2.05) is 12.1 Å². The molecule has 1 fully saturated rings. The summed E-state index contributed by atoms with van der Waals surface area (Å²) in [4.78, 5) is 15.4. The highest BCUT2D eigenvalue weighted by Crippen LogP contribution is 2.40. The molecule has 0 aliphatic carbocycles. The fourth-order valence-electron chi connectivity index (χ4n) is 3.35. The number of piperidine rings is 1. The molecule has 1 aromatic carbocycles. The summed E-state index contributed by atoms with van der Waals surface area (Å²) < 4.78 is 5.92. The van der Waals surface area contributed by atoms with Crippen molar-refractivity contribution in [1.82, 2.24) is 10.3 Å². The molecule has 24 heavy (non-hydrogen) atoms. The second-order valence-corrected chi connectivity index (χ2v) is 5.97. The second kappa shape index (κ2) is 6.05. The van der Waals surface area contributed by atoms with Gasteiger partial charge in [0.05, 0.1) is 10.6 Å². The molecule has 6 nitrogen and oxygen atoms in total. The van der Waals surface area contributed by atoms with Crippen LogP contribution in [0.2, 0.25) is 0 Å². The van der Waals surface area contributed by atoms with E-state index in [1.165, 1.54) is 11.6 Å². The minimum atomic E-state index is -0.366. The summed E-state index contributed by atoms with van der Waals surface area (Å²) in [6.45, 7) is 2.24. The number of nitrogens with one attached hydrogen (secondary N) is 1. The van der Waals surface area contributed by atoms with Crippen molar-refractivity contribution in [2.75, 3.05) is 13.1 Å². The SMILES string of the molecule is O=[N+]([O-])c1ccc2c(c1)C(=C1CCNCC1)c1ncccc1CO2. The van der Waals surface area contributed by atoms with E-state index in [4.69, 9.17) is 4.74 Å². The molecular formula is C18H17N3O3. The van der Waals surface area contributed by atoms with Gasteiger partial charge in [0, 0.05) is 35.0 Å². The molecule has 2 aliphatic heterocycles. The van der Waals surface area contributed by atoms with Crippen LogP contribution in [0.15, 0.2) is 42.1 Å². The molecule has 6 heteroatoms. The molecule has 4 rings (SSSR count). The highest BCUT2D eigenvalue weighted by molar-refractivity contribution is 5.86. The van der Waals surface area contributed by atoms with Gasteiger partial charge in [-0.25, -0.2) is 0 Å². The number of fused-ring (bicyclic) bond motifs is 2. The fourth-order valence-corrected chi connectivity index (χ4v) is 3.35. The maximum absolute atomic E-state index is 11.2. The summed E-state index contributed by atoms with van der Waals surface area (Å²) in [7, 11) is 0. The third-order valence-corrected chi connectivity index (χ3v) is 4.52. The number of nitro groups is 1. The smallest absolute Gasteiger partial charge is 0.270 e. The summed E-state index contributed by atoms with van der Waals surface area (Å²) in [5.41, 5.74) is 5.03. The molecule has 0 radical (unpaired) electrons. The third kappa shape index (κ3) is 2.55. The van der Waals surface area contributed by atoms with E-state index in [0.717, 1.165) is 48.3 Å². The van der Waals surface area contributed by atoms with Gasteiger partial charge in [-0.15, -0.1) is 0 Å². The van der Waals surface area contributed by atoms with Crippen LogP contribution in [0.1, 0.15) is 29.7 Å². The lowest BCUT2D eigenvalue weighted by Crippen LogP contribution is -2.24. The van der Waals surface area contributed by atoms with Gasteiger partial charge in [-0.1, -0.05) is 11.6 Å². The molecule has 1 saturated heterocycles. The largest absolute Gasteiger partial charge is 0.488 e. The number of nitrogens with zero attached hydrogens (tertiary/aromatic N) is 2. The number of pyridine rings is 1. The molecule has 2 aliphatic rings. The lowest BCUT2D eigenvalue weighted by molar-refractivity contribution is -0.384. The minimum absolute atomic E-state index is 0.0729. The van der Waals surface area contributed by atoms with E-state index in [2.05, 4.69) is 10.3 Å². The van der Waals surface area contributed by atoms with Crippen molar-refractivity contribution in [1.29, 1.82) is 0 Å². The summed E-state index contributed by atoms with van der Waals surface area (Å²) >= 11 is 0. The molecule has 1 N–H and O–H groups in total. The Morgan fingerprint density at radius 3 is 2.83 bits per heavy atom. The Balaban J connectivity index is 1.99. The van der Waals surface area contributed by atoms with Crippen molar-refractivity contribution in [2.24, 2.45) is 0 Å². The van der Waals surface area contributed by atoms with Gasteiger partial charge in [0.2, 0.25) is 0 Å². The van der Waals surface area contributed by atoms with Crippen molar-refractivity contribution < 1.29 is 9.66 Å². The van der Waals surface area contributed by atoms with Crippen LogP contribution in [0.3, 0.4) is 0 Å². The average molecular weight is 323 g/mol. The first kappa shape index (κ1) is 14.8. The van der Waals surface area contributed by atoms with Crippen LogP contribution in [0.25, 0.3) is 5.57 Å². The second-order valence-electron chi connectivity index (χ2n) is 5.97. The van der Waals surface area contributed by atoms with Crippen LogP contribution >= 0.6 is 0 Å². The van der Waals surface area contributed by atoms with Gasteiger partial charge >= 0.3 is 0 Å². The van der Waals surface area contributed by atoms with Gasteiger partial charge in [-0.2, -0.15) is 0 Å². The van der Waals surface area contributed by atoms with Gasteiger partial charge < -0.3 is 10.1 Å². The van der Waals surface area contributed by atoms with Crippen molar-refractivity contribution in [3.63, 3.8) is 0 Å². The summed E-state index contributed by atoms with van der Waals surface area (Å²) in [6, 6.07) is 8.70. The Morgan fingerprint density at radius 2 is 2.04 bits per heavy atom. The molecule has 0 atom stereocenters. The van der Waals surface area contributed by atoms with Gasteiger partial charge in [-0.05, 0) is 38.1 Å². The van der Waals surface area contributed by atoms with Crippen LogP contribution in [-0.2, 0) is 6.61 Å². The van der Waals surface area contributed by atoms with E-state index in [1.54, 1.807) is 18.3 Å². The third-order valence-electron chi connectivity index (χ3n) is 4.52. The molecule has 0 amide bonds. The molecule has 0 bridgehead atoms. The Hall–Kier alpha value is -2.73. The van der Waals surface area contributed by atoms with Crippen LogP contribution < -0.4 is 10.1 Å². The zero-order valence-electron chi connectivity index (χ0n) is 13.1. The van der Waals surface area contributed by atoms with Crippen LogP contribution in [0, 0.1) is 10.1 Å². The minimum Gasteiger partial charge on any atom is -0.488 e. The first-order valence-corrected chi connectivity index (χ1v) is 8.02. The molecule has 122 valence electrons. The van der Waals surface area contributed by atoms with E-state index in [9.17, 15) is 10.1 Å². The molecule has 2 aromatic rings. The molecule has 1 aromatic heterocycles. The monoisotopic (exact) mass is 323 g/mol. The summed E-state index contributed by atoms with van der Waals surface area (Å²) in [5, 5.41) is 14.6. The highest BCUT2D eigenvalue weighted by Gasteiger charge is 2.26. The Labute approximate surface area is 139 Å². The molecular weight excluding hydrogens is 306 g/mol. The van der Waals surface area contributed by atoms with Crippen molar-refractivity contribution in [2.45, 2.75) is 19.4 Å². The predicted octanol–water partition coefficient (Wildman–Crippen LogP) is 3.07. The van der Waals surface area contributed by atoms with E-state index in [-0.39, 0.29) is 10.6 Å². The Kier molecular flexibility index (Phi) is 3.74. The number of hydrogen-bond donors (Lipinski definition) is 1. The van der Waals surface area contributed by atoms with E-state index >= 15 is 0 Å². The standard InChI is InChI=1S/C18H17N3O3/c22-21(23)14-3-4-16-15(10-14)17(12-5-8-19-9-6-12)18-13(11-24-16)2-1-7-20-18/h1-4,7,10,19H,5-6,8-9,11H2. The number of rotatable bonds is 1. The maximum atomic E-state index is 11.2. The van der Waals surface area contributed by atoms with Gasteiger partial charge in [-0.3, -0.25) is 15.1 Å². The summed E-state index contributed by atoms with van der Waals surface area (Å²) in [6.07, 6.45) is 3.59. The Bertz CT molecular complexity index is 837. The first-order valence-electron chi connectivity index (χ1n) is 8.02.